The van der Waals surface area contributed by atoms with Gasteiger partial charge in [-0.05, 0) is 20.8 Å². The normalized spacial score (nSPS) is 13.4. The molecule has 122 valence electrons. The van der Waals surface area contributed by atoms with Crippen molar-refractivity contribution in [2.75, 3.05) is 28.2 Å². The third kappa shape index (κ3) is 7.53. The third-order valence-electron chi connectivity index (χ3n) is 2.20. The fraction of sp³-hybridized carbons (Fsp3) is 0.900. The van der Waals surface area contributed by atoms with Crippen molar-refractivity contribution in [3.63, 3.8) is 0 Å². The van der Waals surface area contributed by atoms with Crippen molar-refractivity contribution in [3.05, 3.63) is 0 Å². The molecule has 0 aromatic rings. The molecule has 0 bridgehead atoms. The molecule has 0 aliphatic rings. The molecular formula is C10H22F3N3O3S. The van der Waals surface area contributed by atoms with E-state index in [1.807, 2.05) is 26.0 Å². The monoisotopic (exact) mass is 321 g/mol. The van der Waals surface area contributed by atoms with Gasteiger partial charge in [0.1, 0.15) is 0 Å². The highest BCUT2D eigenvalue weighted by Gasteiger charge is 2.44. The van der Waals surface area contributed by atoms with Crippen LogP contribution in [-0.4, -0.2) is 68.0 Å². The standard InChI is InChI=1S/C9H21N3.CHF3O3S/c1-9(2,3)12(7)8(10-4)11(5)6;2-1(3,4)8(5,6)7/h1-7H3;(H,5,6,7). The minimum atomic E-state index is -5.84. The quantitative estimate of drug-likeness (QED) is 0.318. The molecule has 1 N–H and O–H groups in total. The Hall–Kier alpha value is -1.03. The number of guanidine groups is 1. The molecule has 20 heavy (non-hydrogen) atoms. The number of alkyl halides is 3. The van der Waals surface area contributed by atoms with E-state index in [1.165, 1.54) is 0 Å². The minimum Gasteiger partial charge on any atom is -0.349 e. The minimum absolute atomic E-state index is 0.124. The van der Waals surface area contributed by atoms with Gasteiger partial charge in [0.25, 0.3) is 0 Å². The van der Waals surface area contributed by atoms with E-state index >= 15 is 0 Å². The molecule has 0 rings (SSSR count). The van der Waals surface area contributed by atoms with E-state index < -0.39 is 15.6 Å². The molecule has 0 aromatic heterocycles. The Labute approximate surface area is 118 Å². The Morgan fingerprint density at radius 2 is 1.40 bits per heavy atom. The molecule has 0 heterocycles. The summed E-state index contributed by atoms with van der Waals surface area (Å²) < 4.78 is 57.5. The number of nitrogens with zero attached hydrogens (tertiary/aromatic N) is 3. The summed E-state index contributed by atoms with van der Waals surface area (Å²) in [7, 11) is 2.04. The summed E-state index contributed by atoms with van der Waals surface area (Å²) in [5, 5.41) is 0. The highest BCUT2D eigenvalue weighted by Crippen LogP contribution is 2.20. The van der Waals surface area contributed by atoms with E-state index in [2.05, 4.69) is 37.7 Å². The molecule has 0 saturated carbocycles. The van der Waals surface area contributed by atoms with E-state index in [4.69, 9.17) is 13.0 Å². The largest absolute Gasteiger partial charge is 0.522 e. The lowest BCUT2D eigenvalue weighted by atomic mass is 10.1. The topological polar surface area (TPSA) is 73.2 Å². The van der Waals surface area contributed by atoms with Gasteiger partial charge in [-0.2, -0.15) is 21.6 Å². The van der Waals surface area contributed by atoms with Gasteiger partial charge in [-0.3, -0.25) is 9.55 Å². The number of aliphatic imine (C=N–C) groups is 1. The Morgan fingerprint density at radius 3 is 1.45 bits per heavy atom. The van der Waals surface area contributed by atoms with Crippen molar-refractivity contribution in [3.8, 4) is 0 Å². The highest BCUT2D eigenvalue weighted by atomic mass is 32.2. The van der Waals surface area contributed by atoms with Crippen molar-refractivity contribution in [2.24, 2.45) is 4.99 Å². The molecule has 0 aliphatic carbocycles. The first kappa shape index (κ1) is 21.3. The summed E-state index contributed by atoms with van der Waals surface area (Å²) in [6.07, 6.45) is 0. The van der Waals surface area contributed by atoms with Gasteiger partial charge >= 0.3 is 15.6 Å². The van der Waals surface area contributed by atoms with Gasteiger partial charge in [-0.1, -0.05) is 0 Å². The van der Waals surface area contributed by atoms with Crippen molar-refractivity contribution in [1.82, 2.24) is 9.80 Å². The molecule has 0 saturated heterocycles. The zero-order valence-electron chi connectivity index (χ0n) is 12.6. The summed E-state index contributed by atoms with van der Waals surface area (Å²) >= 11 is 0. The summed E-state index contributed by atoms with van der Waals surface area (Å²) in [5.74, 6) is 1.00. The molecule has 0 radical (unpaired) electrons. The lowest BCUT2D eigenvalue weighted by Crippen LogP contribution is -2.48. The van der Waals surface area contributed by atoms with Gasteiger partial charge in [0.15, 0.2) is 5.96 Å². The lowest BCUT2D eigenvalue weighted by molar-refractivity contribution is -0.0510. The fourth-order valence-corrected chi connectivity index (χ4v) is 0.950. The maximum Gasteiger partial charge on any atom is 0.522 e. The molecule has 0 atom stereocenters. The number of hydrogen-bond donors (Lipinski definition) is 1. The SMILES string of the molecule is CN=C(N(C)C)N(C)C(C)(C)C.O=S(=O)(O)C(F)(F)F. The molecule has 0 aliphatic heterocycles. The Balaban J connectivity index is 0. The summed E-state index contributed by atoms with van der Waals surface area (Å²) in [4.78, 5) is 8.40. The van der Waals surface area contributed by atoms with Crippen LogP contribution < -0.4 is 0 Å². The van der Waals surface area contributed by atoms with Crippen LogP contribution >= 0.6 is 0 Å². The van der Waals surface area contributed by atoms with Gasteiger partial charge in [0.2, 0.25) is 0 Å². The van der Waals surface area contributed by atoms with Crippen LogP contribution in [0, 0.1) is 0 Å². The average Bonchev–Trinajstić information content (AvgIpc) is 2.13. The maximum absolute atomic E-state index is 10.7. The van der Waals surface area contributed by atoms with Crippen molar-refractivity contribution in [2.45, 2.75) is 31.8 Å². The fourth-order valence-electron chi connectivity index (χ4n) is 0.950. The Bertz CT molecular complexity index is 425. The van der Waals surface area contributed by atoms with E-state index in [0.29, 0.717) is 0 Å². The molecule has 0 aromatic carbocycles. The first-order valence-corrected chi connectivity index (χ1v) is 6.91. The van der Waals surface area contributed by atoms with Crippen LogP contribution in [0.15, 0.2) is 4.99 Å². The zero-order chi connectivity index (χ0) is 16.9. The van der Waals surface area contributed by atoms with Crippen LogP contribution in [0.3, 0.4) is 0 Å². The summed E-state index contributed by atoms with van der Waals surface area (Å²) in [6, 6.07) is 0. The third-order valence-corrected chi connectivity index (χ3v) is 2.78. The van der Waals surface area contributed by atoms with Crippen LogP contribution in [-0.2, 0) is 10.1 Å². The Kier molecular flexibility index (Phi) is 7.57. The van der Waals surface area contributed by atoms with E-state index in [0.717, 1.165) is 5.96 Å². The predicted octanol–water partition coefficient (Wildman–Crippen LogP) is 1.66. The van der Waals surface area contributed by atoms with Crippen LogP contribution in [0.5, 0.6) is 0 Å². The van der Waals surface area contributed by atoms with Crippen LogP contribution in [0.1, 0.15) is 20.8 Å². The van der Waals surface area contributed by atoms with Gasteiger partial charge in [-0.25, -0.2) is 0 Å². The van der Waals surface area contributed by atoms with Gasteiger partial charge in [-0.15, -0.1) is 0 Å². The molecule has 6 nitrogen and oxygen atoms in total. The van der Waals surface area contributed by atoms with E-state index in [-0.39, 0.29) is 5.54 Å². The van der Waals surface area contributed by atoms with Crippen molar-refractivity contribution >= 4 is 16.1 Å². The number of hydrogen-bond acceptors (Lipinski definition) is 3. The van der Waals surface area contributed by atoms with E-state index in [9.17, 15) is 13.2 Å². The molecule has 0 unspecified atom stereocenters. The molecular weight excluding hydrogens is 299 g/mol. The molecule has 0 spiro atoms. The second kappa shape index (κ2) is 7.11. The van der Waals surface area contributed by atoms with Crippen LogP contribution in [0.4, 0.5) is 13.2 Å². The molecule has 0 amide bonds. The van der Waals surface area contributed by atoms with Crippen molar-refractivity contribution in [1.29, 1.82) is 0 Å². The predicted molar refractivity (Wildman–Crippen MR) is 72.2 cm³/mol. The van der Waals surface area contributed by atoms with Gasteiger partial charge < -0.3 is 9.80 Å². The maximum atomic E-state index is 10.7. The lowest BCUT2D eigenvalue weighted by Gasteiger charge is -2.37. The van der Waals surface area contributed by atoms with Gasteiger partial charge in [0, 0.05) is 33.7 Å². The number of halogens is 3. The smallest absolute Gasteiger partial charge is 0.349 e. The first-order valence-electron chi connectivity index (χ1n) is 5.47. The summed E-state index contributed by atoms with van der Waals surface area (Å²) in [5.41, 5.74) is -5.41. The summed E-state index contributed by atoms with van der Waals surface area (Å²) in [6.45, 7) is 6.51. The Morgan fingerprint density at radius 1 is 1.10 bits per heavy atom. The van der Waals surface area contributed by atoms with Crippen molar-refractivity contribution < 1.29 is 26.1 Å². The molecule has 0 fully saturated rings. The van der Waals surface area contributed by atoms with Crippen LogP contribution in [0.25, 0.3) is 0 Å². The second-order valence-electron chi connectivity index (χ2n) is 5.07. The second-order valence-corrected chi connectivity index (χ2v) is 6.48. The zero-order valence-corrected chi connectivity index (χ0v) is 13.5. The first-order chi connectivity index (χ1) is 8.55. The van der Waals surface area contributed by atoms with Gasteiger partial charge in [0.05, 0.1) is 0 Å². The number of rotatable bonds is 0. The van der Waals surface area contributed by atoms with Crippen LogP contribution in [0.2, 0.25) is 0 Å². The highest BCUT2D eigenvalue weighted by molar-refractivity contribution is 7.86. The van der Waals surface area contributed by atoms with E-state index in [1.54, 1.807) is 0 Å². The average molecular weight is 321 g/mol. The molecule has 10 heteroatoms.